The van der Waals surface area contributed by atoms with Crippen LogP contribution in [0.5, 0.6) is 0 Å². The Hall–Kier alpha value is -3.45. The van der Waals surface area contributed by atoms with Gasteiger partial charge in [-0.25, -0.2) is 9.67 Å². The molecule has 0 aliphatic carbocycles. The first-order chi connectivity index (χ1) is 13.2. The van der Waals surface area contributed by atoms with Crippen molar-refractivity contribution in [1.29, 1.82) is 0 Å². The van der Waals surface area contributed by atoms with Gasteiger partial charge in [0.05, 0.1) is 24.0 Å². The highest BCUT2D eigenvalue weighted by atomic mass is 35.5. The van der Waals surface area contributed by atoms with Gasteiger partial charge in [-0.3, -0.25) is 9.48 Å². The van der Waals surface area contributed by atoms with E-state index in [1.807, 2.05) is 48.5 Å². The average Bonchev–Trinajstić information content (AvgIpc) is 3.36. The Morgan fingerprint density at radius 2 is 1.89 bits per heavy atom. The number of benzene rings is 2. The van der Waals surface area contributed by atoms with E-state index >= 15 is 0 Å². The van der Waals surface area contributed by atoms with E-state index in [0.717, 1.165) is 11.3 Å². The van der Waals surface area contributed by atoms with Gasteiger partial charge < -0.3 is 5.32 Å². The number of rotatable bonds is 5. The number of carbonyl (C=O) groups excluding carboxylic acids is 1. The van der Waals surface area contributed by atoms with E-state index in [1.165, 1.54) is 12.5 Å². The first-order valence-electron chi connectivity index (χ1n) is 8.21. The van der Waals surface area contributed by atoms with Crippen LogP contribution in [0.1, 0.15) is 15.9 Å². The lowest BCUT2D eigenvalue weighted by Crippen LogP contribution is -2.11. The van der Waals surface area contributed by atoms with E-state index in [0.29, 0.717) is 22.8 Å². The summed E-state index contributed by atoms with van der Waals surface area (Å²) in [7, 11) is 0. The number of nitrogens with zero attached hydrogens (tertiary/aromatic N) is 5. The summed E-state index contributed by atoms with van der Waals surface area (Å²) >= 11 is 6.17. The SMILES string of the molecule is O=C(Nc1ccc(-n2cncn2)cc1)c1cnn(Cc2ccccc2Cl)c1. The molecule has 2 aromatic carbocycles. The summed E-state index contributed by atoms with van der Waals surface area (Å²) in [5.41, 5.74) is 2.96. The fourth-order valence-electron chi connectivity index (χ4n) is 2.61. The zero-order valence-electron chi connectivity index (χ0n) is 14.2. The lowest BCUT2D eigenvalue weighted by Gasteiger charge is -2.05. The summed E-state index contributed by atoms with van der Waals surface area (Å²) in [6.45, 7) is 0.500. The zero-order chi connectivity index (χ0) is 18.6. The summed E-state index contributed by atoms with van der Waals surface area (Å²) in [4.78, 5) is 16.4. The minimum Gasteiger partial charge on any atom is -0.322 e. The average molecular weight is 379 g/mol. The van der Waals surface area contributed by atoms with Crippen molar-refractivity contribution in [1.82, 2.24) is 24.5 Å². The summed E-state index contributed by atoms with van der Waals surface area (Å²) in [5.74, 6) is -0.228. The molecule has 0 unspecified atom stereocenters. The second-order valence-corrected chi connectivity index (χ2v) is 6.27. The van der Waals surface area contributed by atoms with Crippen LogP contribution in [0.15, 0.2) is 73.6 Å². The van der Waals surface area contributed by atoms with Gasteiger partial charge in [-0.05, 0) is 35.9 Å². The topological polar surface area (TPSA) is 77.6 Å². The Balaban J connectivity index is 1.43. The molecule has 0 fully saturated rings. The molecule has 4 rings (SSSR count). The number of carbonyl (C=O) groups is 1. The number of hydrogen-bond acceptors (Lipinski definition) is 4. The van der Waals surface area contributed by atoms with Crippen LogP contribution in [0.3, 0.4) is 0 Å². The fraction of sp³-hybridized carbons (Fsp3) is 0.0526. The Kier molecular flexibility index (Phi) is 4.67. The van der Waals surface area contributed by atoms with Crippen molar-refractivity contribution in [3.05, 3.63) is 89.7 Å². The second-order valence-electron chi connectivity index (χ2n) is 5.86. The largest absolute Gasteiger partial charge is 0.322 e. The maximum atomic E-state index is 12.4. The lowest BCUT2D eigenvalue weighted by molar-refractivity contribution is 0.102. The summed E-state index contributed by atoms with van der Waals surface area (Å²) < 4.78 is 3.33. The van der Waals surface area contributed by atoms with Crippen molar-refractivity contribution in [2.75, 3.05) is 5.32 Å². The molecule has 0 aliphatic rings. The molecule has 0 saturated carbocycles. The standard InChI is InChI=1S/C19H15ClN6O/c20-18-4-2-1-3-14(18)10-25-11-15(9-22-25)19(27)24-16-5-7-17(8-6-16)26-13-21-12-23-26/h1-9,11-13H,10H2,(H,24,27). The molecule has 2 heterocycles. The molecule has 0 atom stereocenters. The number of halogens is 1. The first-order valence-corrected chi connectivity index (χ1v) is 8.59. The van der Waals surface area contributed by atoms with Gasteiger partial charge in [-0.1, -0.05) is 29.8 Å². The van der Waals surface area contributed by atoms with Crippen LogP contribution in [0.25, 0.3) is 5.69 Å². The lowest BCUT2D eigenvalue weighted by atomic mass is 10.2. The smallest absolute Gasteiger partial charge is 0.258 e. The molecular formula is C19H15ClN6O. The van der Waals surface area contributed by atoms with Crippen molar-refractivity contribution < 1.29 is 4.79 Å². The molecule has 134 valence electrons. The highest BCUT2D eigenvalue weighted by Gasteiger charge is 2.10. The molecule has 2 aromatic heterocycles. The molecule has 27 heavy (non-hydrogen) atoms. The maximum Gasteiger partial charge on any atom is 0.258 e. The predicted molar refractivity (Wildman–Crippen MR) is 102 cm³/mol. The Morgan fingerprint density at radius 1 is 1.07 bits per heavy atom. The number of hydrogen-bond donors (Lipinski definition) is 1. The number of aromatic nitrogens is 5. The van der Waals surface area contributed by atoms with Crippen molar-refractivity contribution in [2.24, 2.45) is 0 Å². The van der Waals surface area contributed by atoms with E-state index in [4.69, 9.17) is 11.6 Å². The van der Waals surface area contributed by atoms with Crippen LogP contribution in [-0.2, 0) is 6.54 Å². The van der Waals surface area contributed by atoms with Gasteiger partial charge in [0.2, 0.25) is 0 Å². The summed E-state index contributed by atoms with van der Waals surface area (Å²) in [6.07, 6.45) is 6.31. The minimum absolute atomic E-state index is 0.228. The highest BCUT2D eigenvalue weighted by Crippen LogP contribution is 2.17. The van der Waals surface area contributed by atoms with Crippen molar-refractivity contribution in [2.45, 2.75) is 6.54 Å². The Morgan fingerprint density at radius 3 is 2.63 bits per heavy atom. The molecule has 7 nitrogen and oxygen atoms in total. The van der Waals surface area contributed by atoms with E-state index in [2.05, 4.69) is 20.5 Å². The number of anilines is 1. The summed E-state index contributed by atoms with van der Waals surface area (Å²) in [6, 6.07) is 14.9. The molecule has 1 N–H and O–H groups in total. The van der Waals surface area contributed by atoms with Crippen LogP contribution in [-0.4, -0.2) is 30.5 Å². The van der Waals surface area contributed by atoms with Gasteiger partial charge in [-0.2, -0.15) is 10.2 Å². The van der Waals surface area contributed by atoms with Crippen LogP contribution in [0.2, 0.25) is 5.02 Å². The maximum absolute atomic E-state index is 12.4. The number of nitrogens with one attached hydrogen (secondary N) is 1. The molecule has 0 saturated heterocycles. The quantitative estimate of drug-likeness (QED) is 0.577. The Labute approximate surface area is 160 Å². The monoisotopic (exact) mass is 378 g/mol. The molecule has 0 spiro atoms. The van der Waals surface area contributed by atoms with Gasteiger partial charge in [0.15, 0.2) is 0 Å². The van der Waals surface area contributed by atoms with Crippen LogP contribution in [0.4, 0.5) is 5.69 Å². The van der Waals surface area contributed by atoms with Gasteiger partial charge in [0, 0.05) is 16.9 Å². The van der Waals surface area contributed by atoms with E-state index in [1.54, 1.807) is 21.9 Å². The van der Waals surface area contributed by atoms with Crippen molar-refractivity contribution in [3.8, 4) is 5.69 Å². The van der Waals surface area contributed by atoms with Gasteiger partial charge in [-0.15, -0.1) is 0 Å². The fourth-order valence-corrected chi connectivity index (χ4v) is 2.81. The zero-order valence-corrected chi connectivity index (χ0v) is 14.9. The van der Waals surface area contributed by atoms with Crippen LogP contribution >= 0.6 is 11.6 Å². The molecule has 0 bridgehead atoms. The molecule has 8 heteroatoms. The highest BCUT2D eigenvalue weighted by molar-refractivity contribution is 6.31. The van der Waals surface area contributed by atoms with Gasteiger partial charge >= 0.3 is 0 Å². The number of amides is 1. The van der Waals surface area contributed by atoms with Crippen molar-refractivity contribution in [3.63, 3.8) is 0 Å². The van der Waals surface area contributed by atoms with Crippen LogP contribution in [0, 0.1) is 0 Å². The van der Waals surface area contributed by atoms with Crippen LogP contribution < -0.4 is 5.32 Å². The third-order valence-electron chi connectivity index (χ3n) is 3.99. The third kappa shape index (κ3) is 3.88. The first kappa shape index (κ1) is 17.0. The predicted octanol–water partition coefficient (Wildman–Crippen LogP) is 3.42. The van der Waals surface area contributed by atoms with Crippen molar-refractivity contribution >= 4 is 23.2 Å². The molecule has 0 aliphatic heterocycles. The molecule has 1 amide bonds. The Bertz CT molecular complexity index is 1060. The van der Waals surface area contributed by atoms with E-state index in [-0.39, 0.29) is 5.91 Å². The van der Waals surface area contributed by atoms with Gasteiger partial charge in [0.25, 0.3) is 5.91 Å². The second kappa shape index (κ2) is 7.43. The molecular weight excluding hydrogens is 364 g/mol. The summed E-state index contributed by atoms with van der Waals surface area (Å²) in [5, 5.41) is 11.8. The molecule has 0 radical (unpaired) electrons. The molecule has 4 aromatic rings. The normalized spacial score (nSPS) is 10.7. The third-order valence-corrected chi connectivity index (χ3v) is 4.36. The van der Waals surface area contributed by atoms with Gasteiger partial charge in [0.1, 0.15) is 12.7 Å². The van der Waals surface area contributed by atoms with E-state index < -0.39 is 0 Å². The minimum atomic E-state index is -0.228. The van der Waals surface area contributed by atoms with E-state index in [9.17, 15) is 4.79 Å².